The van der Waals surface area contributed by atoms with Gasteiger partial charge in [-0.1, -0.05) is 0 Å². The molecular formula is C3H3F2IO2. The molecule has 48 valence electrons. The summed E-state index contributed by atoms with van der Waals surface area (Å²) in [5.74, 6) is -1.48. The van der Waals surface area contributed by atoms with Gasteiger partial charge in [-0.25, -0.2) is 0 Å². The van der Waals surface area contributed by atoms with Crippen LogP contribution < -0.4 is 0 Å². The zero-order chi connectivity index (χ0) is 6.78. The highest BCUT2D eigenvalue weighted by molar-refractivity contribution is 14.1. The number of carbonyl (C=O) groups is 1. The highest BCUT2D eigenvalue weighted by Gasteiger charge is 2.27. The van der Waals surface area contributed by atoms with Gasteiger partial charge in [-0.15, -0.1) is 0 Å². The molecule has 0 bridgehead atoms. The average molecular weight is 236 g/mol. The first-order chi connectivity index (χ1) is 3.42. The second-order valence-electron chi connectivity index (χ2n) is 1.19. The van der Waals surface area contributed by atoms with E-state index in [1.807, 2.05) is 0 Å². The van der Waals surface area contributed by atoms with Gasteiger partial charge in [0.25, 0.3) is 0 Å². The van der Waals surface area contributed by atoms with E-state index < -0.39 is 16.3 Å². The molecule has 0 atom stereocenters. The number of halogens is 3. The van der Waals surface area contributed by atoms with Crippen molar-refractivity contribution in [3.8, 4) is 0 Å². The number of hydrogen-bond acceptors (Lipinski definition) is 1. The smallest absolute Gasteiger partial charge is 0.310 e. The van der Waals surface area contributed by atoms with Gasteiger partial charge in [0.15, 0.2) is 0 Å². The summed E-state index contributed by atoms with van der Waals surface area (Å²) in [6.07, 6.45) is -1.10. The van der Waals surface area contributed by atoms with Crippen molar-refractivity contribution in [2.45, 2.75) is 10.4 Å². The topological polar surface area (TPSA) is 37.3 Å². The minimum Gasteiger partial charge on any atom is -0.481 e. The summed E-state index contributed by atoms with van der Waals surface area (Å²) in [6.45, 7) is 0. The van der Waals surface area contributed by atoms with Crippen LogP contribution in [0.2, 0.25) is 0 Å². The molecule has 1 N–H and O–H groups in total. The van der Waals surface area contributed by atoms with Crippen molar-refractivity contribution in [3.05, 3.63) is 0 Å². The Labute approximate surface area is 58.0 Å². The molecule has 0 amide bonds. The molecule has 0 aliphatic heterocycles. The van der Waals surface area contributed by atoms with Gasteiger partial charge in [-0.05, 0) is 22.6 Å². The van der Waals surface area contributed by atoms with E-state index in [4.69, 9.17) is 5.11 Å². The van der Waals surface area contributed by atoms with Gasteiger partial charge in [-0.2, -0.15) is 8.78 Å². The predicted octanol–water partition coefficient (Wildman–Crippen LogP) is 1.49. The van der Waals surface area contributed by atoms with Crippen LogP contribution in [0.15, 0.2) is 0 Å². The van der Waals surface area contributed by atoms with Gasteiger partial charge in [0.1, 0.15) is 6.42 Å². The minimum atomic E-state index is -3.11. The van der Waals surface area contributed by atoms with Gasteiger partial charge in [0.2, 0.25) is 0 Å². The molecule has 0 fully saturated rings. The first kappa shape index (κ1) is 8.06. The molecule has 0 spiro atoms. The lowest BCUT2D eigenvalue weighted by molar-refractivity contribution is -0.140. The van der Waals surface area contributed by atoms with Crippen molar-refractivity contribution in [1.29, 1.82) is 0 Å². The summed E-state index contributed by atoms with van der Waals surface area (Å²) in [5.41, 5.74) is 0. The predicted molar refractivity (Wildman–Crippen MR) is 31.2 cm³/mol. The molecule has 0 saturated heterocycles. The first-order valence-electron chi connectivity index (χ1n) is 1.70. The van der Waals surface area contributed by atoms with Gasteiger partial charge in [0.05, 0.1) is 0 Å². The summed E-state index contributed by atoms with van der Waals surface area (Å²) < 4.78 is 20.1. The molecule has 0 aromatic heterocycles. The molecule has 0 aromatic rings. The van der Waals surface area contributed by atoms with Crippen molar-refractivity contribution in [3.63, 3.8) is 0 Å². The Morgan fingerprint density at radius 3 is 2.12 bits per heavy atom. The maximum absolute atomic E-state index is 11.6. The Balaban J connectivity index is 3.55. The van der Waals surface area contributed by atoms with Crippen molar-refractivity contribution in [2.75, 3.05) is 0 Å². The third-order valence-corrected chi connectivity index (χ3v) is 0.733. The second kappa shape index (κ2) is 2.56. The maximum Gasteiger partial charge on any atom is 0.310 e. The monoisotopic (exact) mass is 236 g/mol. The summed E-state index contributed by atoms with van der Waals surface area (Å²) in [6, 6.07) is 0. The van der Waals surface area contributed by atoms with Gasteiger partial charge in [0, 0.05) is 0 Å². The molecule has 0 saturated carbocycles. The lowest BCUT2D eigenvalue weighted by atomic mass is 10.5. The molecule has 0 unspecified atom stereocenters. The van der Waals surface area contributed by atoms with E-state index in [1.54, 1.807) is 0 Å². The molecule has 5 heteroatoms. The Hall–Kier alpha value is 0.0600. The fourth-order valence-electron chi connectivity index (χ4n) is 0.171. The summed E-state index contributed by atoms with van der Waals surface area (Å²) in [7, 11) is 0. The molecule has 0 heterocycles. The van der Waals surface area contributed by atoms with Crippen LogP contribution in [-0.2, 0) is 4.79 Å². The third kappa shape index (κ3) is 6.06. The van der Waals surface area contributed by atoms with Crippen LogP contribution in [0.5, 0.6) is 0 Å². The fraction of sp³-hybridized carbons (Fsp3) is 0.667. The standard InChI is InChI=1S/C3H3F2IO2/c4-3(5,6)1-2(7)8/h1H2,(H,7,8). The van der Waals surface area contributed by atoms with Crippen molar-refractivity contribution >= 4 is 28.6 Å². The Morgan fingerprint density at radius 2 is 2.12 bits per heavy atom. The van der Waals surface area contributed by atoms with Crippen molar-refractivity contribution < 1.29 is 18.7 Å². The van der Waals surface area contributed by atoms with E-state index >= 15 is 0 Å². The van der Waals surface area contributed by atoms with Crippen molar-refractivity contribution in [1.82, 2.24) is 0 Å². The van der Waals surface area contributed by atoms with Gasteiger partial charge >= 0.3 is 9.90 Å². The summed E-state index contributed by atoms with van der Waals surface area (Å²) in [4.78, 5) is 9.53. The molecule has 0 aliphatic carbocycles. The zero-order valence-corrected chi connectivity index (χ0v) is 5.85. The number of hydrogen-bond donors (Lipinski definition) is 1. The highest BCUT2D eigenvalue weighted by Crippen LogP contribution is 2.25. The normalized spacial score (nSPS) is 11.4. The van der Waals surface area contributed by atoms with Crippen LogP contribution in [0.25, 0.3) is 0 Å². The maximum atomic E-state index is 11.6. The van der Waals surface area contributed by atoms with Crippen LogP contribution in [-0.4, -0.2) is 15.0 Å². The molecule has 2 nitrogen and oxygen atoms in total. The van der Waals surface area contributed by atoms with Crippen LogP contribution in [0.3, 0.4) is 0 Å². The second-order valence-corrected chi connectivity index (χ2v) is 2.76. The SMILES string of the molecule is O=C(O)CC(F)(F)I. The van der Waals surface area contributed by atoms with Crippen LogP contribution in [0, 0.1) is 0 Å². The largest absolute Gasteiger partial charge is 0.481 e. The minimum absolute atomic E-state index is 0.778. The average Bonchev–Trinajstić information content (AvgIpc) is 1.21. The Kier molecular flexibility index (Phi) is 2.58. The molecule has 0 rings (SSSR count). The zero-order valence-electron chi connectivity index (χ0n) is 3.70. The van der Waals surface area contributed by atoms with Crippen LogP contribution in [0.1, 0.15) is 6.42 Å². The summed E-state index contributed by atoms with van der Waals surface area (Å²) in [5, 5.41) is 7.76. The highest BCUT2D eigenvalue weighted by atomic mass is 127. The molecular weight excluding hydrogens is 233 g/mol. The molecule has 0 radical (unpaired) electrons. The van der Waals surface area contributed by atoms with Crippen molar-refractivity contribution in [2.24, 2.45) is 0 Å². The van der Waals surface area contributed by atoms with E-state index in [-0.39, 0.29) is 0 Å². The Bertz CT molecular complexity index is 97.9. The fourth-order valence-corrected chi connectivity index (χ4v) is 0.498. The van der Waals surface area contributed by atoms with E-state index in [1.165, 1.54) is 0 Å². The van der Waals surface area contributed by atoms with Gasteiger partial charge < -0.3 is 5.11 Å². The number of carboxylic acids is 1. The molecule has 0 aliphatic rings. The first-order valence-corrected chi connectivity index (χ1v) is 2.78. The lowest BCUT2D eigenvalue weighted by Crippen LogP contribution is -2.11. The van der Waals surface area contributed by atoms with Gasteiger partial charge in [-0.3, -0.25) is 4.79 Å². The number of aliphatic carboxylic acids is 1. The Morgan fingerprint density at radius 1 is 1.75 bits per heavy atom. The van der Waals surface area contributed by atoms with Crippen LogP contribution in [0.4, 0.5) is 8.78 Å². The number of rotatable bonds is 2. The quantitative estimate of drug-likeness (QED) is 0.582. The number of alkyl halides is 3. The molecule has 8 heavy (non-hydrogen) atoms. The lowest BCUT2D eigenvalue weighted by Gasteiger charge is -2.01. The van der Waals surface area contributed by atoms with E-state index in [9.17, 15) is 13.6 Å². The summed E-state index contributed by atoms with van der Waals surface area (Å²) >= 11 is 0.778. The molecule has 0 aromatic carbocycles. The van der Waals surface area contributed by atoms with Crippen LogP contribution >= 0.6 is 22.6 Å². The van der Waals surface area contributed by atoms with E-state index in [0.717, 1.165) is 22.6 Å². The van der Waals surface area contributed by atoms with E-state index in [0.29, 0.717) is 0 Å². The van der Waals surface area contributed by atoms with E-state index in [2.05, 4.69) is 0 Å². The number of carboxylic acid groups (broad SMARTS) is 1. The third-order valence-electron chi connectivity index (χ3n) is 0.352.